The van der Waals surface area contributed by atoms with Gasteiger partial charge in [0.05, 0.1) is 5.69 Å². The van der Waals surface area contributed by atoms with Gasteiger partial charge < -0.3 is 5.32 Å². The molecule has 134 valence electrons. The van der Waals surface area contributed by atoms with E-state index in [-0.39, 0.29) is 23.0 Å². The number of rotatable bonds is 4. The maximum atomic E-state index is 13.8. The lowest BCUT2D eigenvalue weighted by atomic mass is 10.1. The zero-order valence-corrected chi connectivity index (χ0v) is 14.8. The zero-order chi connectivity index (χ0) is 18.8. The molecule has 4 rings (SSSR count). The molecule has 0 aliphatic carbocycles. The lowest BCUT2D eigenvalue weighted by Gasteiger charge is -2.08. The number of benzene rings is 2. The monoisotopic (exact) mass is 380 g/mol. The summed E-state index contributed by atoms with van der Waals surface area (Å²) in [7, 11) is 0. The van der Waals surface area contributed by atoms with Crippen LogP contribution in [0.5, 0.6) is 0 Å². The SMILES string of the molecule is O=C(NCc1c(F)cccc1Cl)c1ccc(-c2[nH]nc3ncccc23)cc1. The van der Waals surface area contributed by atoms with E-state index in [1.54, 1.807) is 24.4 Å². The van der Waals surface area contributed by atoms with E-state index in [0.717, 1.165) is 16.6 Å². The molecule has 2 aromatic heterocycles. The second kappa shape index (κ2) is 7.17. The van der Waals surface area contributed by atoms with Crippen LogP contribution in [0.4, 0.5) is 4.39 Å². The number of hydrogen-bond acceptors (Lipinski definition) is 3. The summed E-state index contributed by atoms with van der Waals surface area (Å²) in [4.78, 5) is 16.5. The lowest BCUT2D eigenvalue weighted by Crippen LogP contribution is -2.23. The number of carbonyl (C=O) groups is 1. The highest BCUT2D eigenvalue weighted by atomic mass is 35.5. The van der Waals surface area contributed by atoms with Gasteiger partial charge in [-0.05, 0) is 36.4 Å². The highest BCUT2D eigenvalue weighted by Gasteiger charge is 2.12. The third-order valence-corrected chi connectivity index (χ3v) is 4.61. The summed E-state index contributed by atoms with van der Waals surface area (Å²) in [5.74, 6) is -0.755. The van der Waals surface area contributed by atoms with E-state index in [1.165, 1.54) is 12.1 Å². The number of amides is 1. The van der Waals surface area contributed by atoms with Crippen molar-refractivity contribution in [2.45, 2.75) is 6.54 Å². The number of nitrogens with zero attached hydrogens (tertiary/aromatic N) is 2. The van der Waals surface area contributed by atoms with Gasteiger partial charge >= 0.3 is 0 Å². The van der Waals surface area contributed by atoms with Crippen molar-refractivity contribution in [1.29, 1.82) is 0 Å². The maximum Gasteiger partial charge on any atom is 0.251 e. The normalized spacial score (nSPS) is 10.9. The van der Waals surface area contributed by atoms with Crippen LogP contribution in [0.15, 0.2) is 60.8 Å². The fourth-order valence-corrected chi connectivity index (χ4v) is 3.06. The highest BCUT2D eigenvalue weighted by molar-refractivity contribution is 6.31. The van der Waals surface area contributed by atoms with Crippen LogP contribution in [0.1, 0.15) is 15.9 Å². The third-order valence-electron chi connectivity index (χ3n) is 4.25. The maximum absolute atomic E-state index is 13.8. The Morgan fingerprint density at radius 3 is 2.70 bits per heavy atom. The number of nitrogens with one attached hydrogen (secondary N) is 2. The van der Waals surface area contributed by atoms with E-state index in [9.17, 15) is 9.18 Å². The molecular formula is C20H14ClFN4O. The molecule has 0 aliphatic heterocycles. The number of hydrogen-bond donors (Lipinski definition) is 2. The average Bonchev–Trinajstić information content (AvgIpc) is 3.12. The molecule has 0 saturated heterocycles. The number of aromatic amines is 1. The fraction of sp³-hybridized carbons (Fsp3) is 0.0500. The second-order valence-corrected chi connectivity index (χ2v) is 6.34. The van der Waals surface area contributed by atoms with Crippen molar-refractivity contribution in [1.82, 2.24) is 20.5 Å². The summed E-state index contributed by atoms with van der Waals surface area (Å²) in [6, 6.07) is 15.3. The van der Waals surface area contributed by atoms with Crippen molar-refractivity contribution in [2.75, 3.05) is 0 Å². The second-order valence-electron chi connectivity index (χ2n) is 5.93. The van der Waals surface area contributed by atoms with Gasteiger partial charge in [0.15, 0.2) is 5.65 Å². The van der Waals surface area contributed by atoms with E-state index in [0.29, 0.717) is 11.2 Å². The first kappa shape index (κ1) is 17.2. The minimum atomic E-state index is -0.446. The van der Waals surface area contributed by atoms with Gasteiger partial charge in [-0.3, -0.25) is 9.89 Å². The van der Waals surface area contributed by atoms with Gasteiger partial charge in [-0.1, -0.05) is 29.8 Å². The topological polar surface area (TPSA) is 70.7 Å². The molecule has 4 aromatic rings. The van der Waals surface area contributed by atoms with Gasteiger partial charge in [0.1, 0.15) is 5.82 Å². The number of carbonyl (C=O) groups excluding carboxylic acids is 1. The number of pyridine rings is 1. The van der Waals surface area contributed by atoms with Crippen LogP contribution < -0.4 is 5.32 Å². The Balaban J connectivity index is 1.51. The van der Waals surface area contributed by atoms with Crippen molar-refractivity contribution >= 4 is 28.5 Å². The van der Waals surface area contributed by atoms with E-state index >= 15 is 0 Å². The van der Waals surface area contributed by atoms with Crippen LogP contribution >= 0.6 is 11.6 Å². The summed E-state index contributed by atoms with van der Waals surface area (Å²) in [6.45, 7) is 0.0168. The molecule has 7 heteroatoms. The number of aromatic nitrogens is 3. The van der Waals surface area contributed by atoms with Crippen LogP contribution in [0.2, 0.25) is 5.02 Å². The van der Waals surface area contributed by atoms with Gasteiger partial charge in [0.25, 0.3) is 5.91 Å². The molecule has 5 nitrogen and oxygen atoms in total. The van der Waals surface area contributed by atoms with Gasteiger partial charge in [-0.2, -0.15) is 5.10 Å². The Bertz CT molecular complexity index is 1100. The first-order valence-corrected chi connectivity index (χ1v) is 8.62. The summed E-state index contributed by atoms with van der Waals surface area (Å²) in [5.41, 5.74) is 3.09. The quantitative estimate of drug-likeness (QED) is 0.553. The largest absolute Gasteiger partial charge is 0.348 e. The van der Waals surface area contributed by atoms with Crippen molar-refractivity contribution in [3.8, 4) is 11.3 Å². The van der Waals surface area contributed by atoms with Gasteiger partial charge in [0, 0.05) is 39.8 Å². The number of halogens is 2. The average molecular weight is 381 g/mol. The third kappa shape index (κ3) is 3.39. The van der Waals surface area contributed by atoms with Crippen LogP contribution in [-0.4, -0.2) is 21.1 Å². The van der Waals surface area contributed by atoms with Crippen molar-refractivity contribution in [2.24, 2.45) is 0 Å². The molecular weight excluding hydrogens is 367 g/mol. The smallest absolute Gasteiger partial charge is 0.251 e. The molecule has 0 bridgehead atoms. The molecule has 0 unspecified atom stereocenters. The first-order valence-electron chi connectivity index (χ1n) is 8.24. The molecule has 0 aliphatic rings. The predicted molar refractivity (Wildman–Crippen MR) is 102 cm³/mol. The molecule has 0 fully saturated rings. The summed E-state index contributed by atoms with van der Waals surface area (Å²) < 4.78 is 13.8. The minimum absolute atomic E-state index is 0.0168. The Hall–Kier alpha value is -3.25. The Labute approximate surface area is 159 Å². The predicted octanol–water partition coefficient (Wildman–Crippen LogP) is 4.35. The standard InChI is InChI=1S/C20H14ClFN4O/c21-16-4-1-5-17(22)15(16)11-24-20(27)13-8-6-12(7-9-13)18-14-3-2-10-23-19(14)26-25-18/h1-10H,11H2,(H,24,27)(H,23,25,26). The van der Waals surface area contributed by atoms with Gasteiger partial charge in [-0.15, -0.1) is 0 Å². The van der Waals surface area contributed by atoms with Crippen LogP contribution in [-0.2, 0) is 6.54 Å². The molecule has 1 amide bonds. The molecule has 0 radical (unpaired) electrons. The number of fused-ring (bicyclic) bond motifs is 1. The minimum Gasteiger partial charge on any atom is -0.348 e. The van der Waals surface area contributed by atoms with E-state index in [2.05, 4.69) is 20.5 Å². The van der Waals surface area contributed by atoms with Crippen LogP contribution in [0, 0.1) is 5.82 Å². The molecule has 27 heavy (non-hydrogen) atoms. The van der Waals surface area contributed by atoms with Gasteiger partial charge in [-0.25, -0.2) is 9.37 Å². The molecule has 2 heterocycles. The zero-order valence-electron chi connectivity index (χ0n) is 14.0. The van der Waals surface area contributed by atoms with E-state index in [1.807, 2.05) is 24.3 Å². The summed E-state index contributed by atoms with van der Waals surface area (Å²) in [5, 5.41) is 11.0. The van der Waals surface area contributed by atoms with Gasteiger partial charge in [0.2, 0.25) is 0 Å². The Kier molecular flexibility index (Phi) is 4.56. The summed E-state index contributed by atoms with van der Waals surface area (Å²) in [6.07, 6.45) is 1.68. The van der Waals surface area contributed by atoms with Crippen molar-refractivity contribution in [3.63, 3.8) is 0 Å². The molecule has 2 N–H and O–H groups in total. The van der Waals surface area contributed by atoms with Crippen LogP contribution in [0.25, 0.3) is 22.3 Å². The summed E-state index contributed by atoms with van der Waals surface area (Å²) >= 11 is 5.98. The highest BCUT2D eigenvalue weighted by Crippen LogP contribution is 2.25. The fourth-order valence-electron chi connectivity index (χ4n) is 2.83. The van der Waals surface area contributed by atoms with Crippen molar-refractivity contribution < 1.29 is 9.18 Å². The van der Waals surface area contributed by atoms with Crippen LogP contribution in [0.3, 0.4) is 0 Å². The van der Waals surface area contributed by atoms with E-state index < -0.39 is 5.82 Å². The van der Waals surface area contributed by atoms with E-state index in [4.69, 9.17) is 11.6 Å². The van der Waals surface area contributed by atoms with Crippen molar-refractivity contribution in [3.05, 3.63) is 82.8 Å². The number of H-pyrrole nitrogens is 1. The Morgan fingerprint density at radius 2 is 1.93 bits per heavy atom. The first-order chi connectivity index (χ1) is 13.1. The molecule has 0 spiro atoms. The Morgan fingerprint density at radius 1 is 1.11 bits per heavy atom. The molecule has 0 atom stereocenters. The molecule has 2 aromatic carbocycles. The molecule has 0 saturated carbocycles. The lowest BCUT2D eigenvalue weighted by molar-refractivity contribution is 0.0950.